The predicted octanol–water partition coefficient (Wildman–Crippen LogP) is 6.20. The summed E-state index contributed by atoms with van der Waals surface area (Å²) >= 11 is 0. The number of unbranched alkanes of at least 4 members (excludes halogenated alkanes) is 9. The predicted molar refractivity (Wildman–Crippen MR) is 113 cm³/mol. The normalized spacial score (nSPS) is 11.3. The minimum Gasteiger partial charge on any atom is -0.494 e. The van der Waals surface area contributed by atoms with Gasteiger partial charge in [0.25, 0.3) is 0 Å². The van der Waals surface area contributed by atoms with Crippen LogP contribution in [0.25, 0.3) is 6.08 Å². The maximum Gasteiger partial charge on any atom is 0.356 e. The zero-order chi connectivity index (χ0) is 19.7. The number of esters is 1. The summed E-state index contributed by atoms with van der Waals surface area (Å²) in [7, 11) is 1.33. The molecule has 0 N–H and O–H groups in total. The number of aliphatic imine (C=N–C) groups is 1. The first-order valence-electron chi connectivity index (χ1n) is 10.2. The lowest BCUT2D eigenvalue weighted by atomic mass is 10.1. The van der Waals surface area contributed by atoms with Gasteiger partial charge < -0.3 is 9.47 Å². The van der Waals surface area contributed by atoms with Gasteiger partial charge in [0.15, 0.2) is 0 Å². The number of hydrogen-bond donors (Lipinski definition) is 0. The highest BCUT2D eigenvalue weighted by Crippen LogP contribution is 2.16. The van der Waals surface area contributed by atoms with Crippen molar-refractivity contribution in [2.24, 2.45) is 4.99 Å². The summed E-state index contributed by atoms with van der Waals surface area (Å²) in [6, 6.07) is 7.59. The zero-order valence-electron chi connectivity index (χ0n) is 17.0. The molecule has 1 rings (SSSR count). The van der Waals surface area contributed by atoms with Gasteiger partial charge >= 0.3 is 5.97 Å². The Bertz CT molecular complexity index is 563. The molecule has 1 aromatic carbocycles. The maximum atomic E-state index is 11.5. The van der Waals surface area contributed by atoms with E-state index in [0.29, 0.717) is 0 Å². The van der Waals surface area contributed by atoms with Crippen LogP contribution in [0.3, 0.4) is 0 Å². The second-order valence-electron chi connectivity index (χ2n) is 6.78. The Hall–Kier alpha value is -2.10. The Morgan fingerprint density at radius 2 is 1.52 bits per heavy atom. The van der Waals surface area contributed by atoms with E-state index in [1.54, 1.807) is 6.08 Å². The molecule has 0 aliphatic rings. The van der Waals surface area contributed by atoms with Crippen molar-refractivity contribution in [2.75, 3.05) is 13.7 Å². The van der Waals surface area contributed by atoms with Crippen LogP contribution < -0.4 is 4.74 Å². The Balaban J connectivity index is 2.17. The highest BCUT2D eigenvalue weighted by atomic mass is 16.5. The van der Waals surface area contributed by atoms with Crippen molar-refractivity contribution in [2.45, 2.75) is 71.1 Å². The standard InChI is InChI=1S/C23H35NO3/c1-4-5-6-7-8-9-10-11-12-13-18-27-21-16-14-20(15-17-21)19-22(24-2)23(25)26-3/h14-17,19H,2,4-13,18H2,1,3H3. The van der Waals surface area contributed by atoms with E-state index >= 15 is 0 Å². The molecular formula is C23H35NO3. The van der Waals surface area contributed by atoms with Gasteiger partial charge in [-0.15, -0.1) is 0 Å². The van der Waals surface area contributed by atoms with E-state index in [2.05, 4.69) is 23.4 Å². The van der Waals surface area contributed by atoms with E-state index in [9.17, 15) is 4.79 Å². The van der Waals surface area contributed by atoms with E-state index in [4.69, 9.17) is 4.74 Å². The van der Waals surface area contributed by atoms with E-state index < -0.39 is 5.97 Å². The fourth-order valence-electron chi connectivity index (χ4n) is 2.87. The van der Waals surface area contributed by atoms with Crippen molar-refractivity contribution in [3.8, 4) is 5.75 Å². The molecule has 0 aliphatic carbocycles. The molecule has 0 bridgehead atoms. The van der Waals surface area contributed by atoms with E-state index in [0.717, 1.165) is 24.3 Å². The van der Waals surface area contributed by atoms with Crippen molar-refractivity contribution in [1.82, 2.24) is 0 Å². The smallest absolute Gasteiger partial charge is 0.356 e. The second kappa shape index (κ2) is 15.0. The largest absolute Gasteiger partial charge is 0.494 e. The van der Waals surface area contributed by atoms with Gasteiger partial charge in [-0.05, 0) is 36.9 Å². The summed E-state index contributed by atoms with van der Waals surface area (Å²) in [5.74, 6) is 0.348. The molecule has 150 valence electrons. The minimum absolute atomic E-state index is 0.191. The molecule has 27 heavy (non-hydrogen) atoms. The summed E-state index contributed by atoms with van der Waals surface area (Å²) < 4.78 is 10.4. The third-order valence-corrected chi connectivity index (χ3v) is 4.51. The topological polar surface area (TPSA) is 47.9 Å². The quantitative estimate of drug-likeness (QED) is 0.159. The fraction of sp³-hybridized carbons (Fsp3) is 0.565. The van der Waals surface area contributed by atoms with Crippen molar-refractivity contribution in [3.63, 3.8) is 0 Å². The Morgan fingerprint density at radius 1 is 0.963 bits per heavy atom. The molecule has 0 heterocycles. The number of methoxy groups -OCH3 is 1. The van der Waals surface area contributed by atoms with Crippen molar-refractivity contribution in [1.29, 1.82) is 0 Å². The van der Waals surface area contributed by atoms with Gasteiger partial charge in [0, 0.05) is 0 Å². The van der Waals surface area contributed by atoms with Crippen LogP contribution in [-0.2, 0) is 9.53 Å². The Kier molecular flexibility index (Phi) is 12.7. The number of hydrogen-bond acceptors (Lipinski definition) is 4. The van der Waals surface area contributed by atoms with Crippen molar-refractivity contribution >= 4 is 18.8 Å². The summed E-state index contributed by atoms with van der Waals surface area (Å²) in [5, 5.41) is 0. The Labute approximate surface area is 164 Å². The number of carbonyl (C=O) groups is 1. The highest BCUT2D eigenvalue weighted by Gasteiger charge is 2.06. The third kappa shape index (κ3) is 10.6. The lowest BCUT2D eigenvalue weighted by Crippen LogP contribution is -2.02. The monoisotopic (exact) mass is 373 g/mol. The molecule has 1 aromatic rings. The van der Waals surface area contributed by atoms with Crippen LogP contribution >= 0.6 is 0 Å². The highest BCUT2D eigenvalue weighted by molar-refractivity contribution is 5.93. The summed E-state index contributed by atoms with van der Waals surface area (Å²) in [5.41, 5.74) is 1.05. The molecular weight excluding hydrogens is 338 g/mol. The van der Waals surface area contributed by atoms with E-state index in [1.165, 1.54) is 64.9 Å². The molecule has 0 aromatic heterocycles. The molecule has 0 atom stereocenters. The fourth-order valence-corrected chi connectivity index (χ4v) is 2.87. The summed E-state index contributed by atoms with van der Waals surface area (Å²) in [6.07, 6.45) is 14.8. The van der Waals surface area contributed by atoms with Crippen LogP contribution in [0, 0.1) is 0 Å². The minimum atomic E-state index is -0.494. The van der Waals surface area contributed by atoms with Crippen LogP contribution in [0.4, 0.5) is 0 Å². The number of benzene rings is 1. The molecule has 0 amide bonds. The molecule has 0 spiro atoms. The Morgan fingerprint density at radius 3 is 2.04 bits per heavy atom. The van der Waals surface area contributed by atoms with Gasteiger partial charge in [-0.1, -0.05) is 76.8 Å². The van der Waals surface area contributed by atoms with Gasteiger partial charge in [0.2, 0.25) is 0 Å². The van der Waals surface area contributed by atoms with Crippen molar-refractivity contribution in [3.05, 3.63) is 35.5 Å². The van der Waals surface area contributed by atoms with Crippen LogP contribution in [0.1, 0.15) is 76.7 Å². The van der Waals surface area contributed by atoms with Gasteiger partial charge in [0.1, 0.15) is 11.4 Å². The molecule has 0 aliphatic heterocycles. The average molecular weight is 374 g/mol. The molecule has 0 saturated carbocycles. The molecule has 0 unspecified atom stereocenters. The first-order chi connectivity index (χ1) is 13.2. The van der Waals surface area contributed by atoms with Crippen molar-refractivity contribution < 1.29 is 14.3 Å². The number of nitrogens with zero attached hydrogens (tertiary/aromatic N) is 1. The lowest BCUT2D eigenvalue weighted by molar-refractivity contribution is -0.136. The zero-order valence-corrected chi connectivity index (χ0v) is 17.0. The van der Waals surface area contributed by atoms with Gasteiger partial charge in [-0.3, -0.25) is 4.99 Å². The van der Waals surface area contributed by atoms with E-state index in [-0.39, 0.29) is 5.70 Å². The van der Waals surface area contributed by atoms with Crippen LogP contribution in [0.15, 0.2) is 35.0 Å². The van der Waals surface area contributed by atoms with Gasteiger partial charge in [0.05, 0.1) is 13.7 Å². The van der Waals surface area contributed by atoms with Crippen LogP contribution in [-0.4, -0.2) is 26.4 Å². The average Bonchev–Trinajstić information content (AvgIpc) is 2.70. The first-order valence-corrected chi connectivity index (χ1v) is 10.2. The second-order valence-corrected chi connectivity index (χ2v) is 6.78. The first kappa shape index (κ1) is 22.9. The number of carbonyl (C=O) groups excluding carboxylic acids is 1. The molecule has 0 fully saturated rings. The van der Waals surface area contributed by atoms with Crippen LogP contribution in [0.2, 0.25) is 0 Å². The third-order valence-electron chi connectivity index (χ3n) is 4.51. The SMILES string of the molecule is C=NC(=Cc1ccc(OCCCCCCCCCCCC)cc1)C(=O)OC. The summed E-state index contributed by atoms with van der Waals surface area (Å²) in [6.45, 7) is 6.40. The summed E-state index contributed by atoms with van der Waals surface area (Å²) in [4.78, 5) is 15.2. The number of rotatable bonds is 15. The lowest BCUT2D eigenvalue weighted by Gasteiger charge is -2.07. The molecule has 0 saturated heterocycles. The maximum absolute atomic E-state index is 11.5. The molecule has 4 heteroatoms. The molecule has 0 radical (unpaired) electrons. The van der Waals surface area contributed by atoms with E-state index in [1.807, 2.05) is 24.3 Å². The van der Waals surface area contributed by atoms with Gasteiger partial charge in [-0.2, -0.15) is 0 Å². The van der Waals surface area contributed by atoms with Crippen LogP contribution in [0.5, 0.6) is 5.75 Å². The molecule has 4 nitrogen and oxygen atoms in total. The van der Waals surface area contributed by atoms with Gasteiger partial charge in [-0.25, -0.2) is 4.79 Å². The number of ether oxygens (including phenoxy) is 2.